The van der Waals surface area contributed by atoms with Gasteiger partial charge in [-0.25, -0.2) is 0 Å². The average Bonchev–Trinajstić information content (AvgIpc) is 2.73. The number of hydrogen-bond acceptors (Lipinski definition) is 4. The first-order valence-electron chi connectivity index (χ1n) is 8.67. The van der Waals surface area contributed by atoms with Gasteiger partial charge in [-0.15, -0.1) is 12.4 Å². The van der Waals surface area contributed by atoms with Crippen LogP contribution < -0.4 is 20.5 Å². The SMILES string of the molecule is COc1ccc(OCc2ccccc2NC(=O)c2cccc(C(=N)N)c2)cc1.Cl. The van der Waals surface area contributed by atoms with E-state index in [1.54, 1.807) is 31.4 Å². The molecule has 0 unspecified atom stereocenters. The van der Waals surface area contributed by atoms with E-state index in [0.29, 0.717) is 29.2 Å². The van der Waals surface area contributed by atoms with E-state index in [-0.39, 0.29) is 24.1 Å². The van der Waals surface area contributed by atoms with Crippen molar-refractivity contribution in [2.24, 2.45) is 5.73 Å². The number of amidine groups is 1. The van der Waals surface area contributed by atoms with E-state index < -0.39 is 0 Å². The molecule has 0 aromatic heterocycles. The molecule has 0 radical (unpaired) electrons. The highest BCUT2D eigenvalue weighted by molar-refractivity contribution is 6.06. The highest BCUT2D eigenvalue weighted by Crippen LogP contribution is 2.21. The number of benzene rings is 3. The van der Waals surface area contributed by atoms with Crippen molar-refractivity contribution < 1.29 is 14.3 Å². The summed E-state index contributed by atoms with van der Waals surface area (Å²) >= 11 is 0. The van der Waals surface area contributed by atoms with Gasteiger partial charge < -0.3 is 20.5 Å². The van der Waals surface area contributed by atoms with Gasteiger partial charge in [-0.3, -0.25) is 10.2 Å². The van der Waals surface area contributed by atoms with E-state index in [0.717, 1.165) is 11.3 Å². The van der Waals surface area contributed by atoms with Crippen LogP contribution in [0.25, 0.3) is 0 Å². The standard InChI is InChI=1S/C22H21N3O3.ClH/c1-27-18-9-11-19(12-10-18)28-14-17-5-2-3-8-20(17)25-22(26)16-7-4-6-15(13-16)21(23)24;/h2-13H,14H2,1H3,(H3,23,24)(H,25,26);1H. The Balaban J connectivity index is 0.00000300. The molecule has 0 atom stereocenters. The maximum absolute atomic E-state index is 12.6. The third-order valence-electron chi connectivity index (χ3n) is 4.16. The maximum atomic E-state index is 12.6. The molecule has 7 heteroatoms. The van der Waals surface area contributed by atoms with Crippen molar-refractivity contribution in [3.8, 4) is 11.5 Å². The minimum Gasteiger partial charge on any atom is -0.497 e. The number of methoxy groups -OCH3 is 1. The van der Waals surface area contributed by atoms with Gasteiger partial charge in [-0.2, -0.15) is 0 Å². The second-order valence-corrected chi connectivity index (χ2v) is 6.07. The van der Waals surface area contributed by atoms with E-state index >= 15 is 0 Å². The second kappa shape index (κ2) is 10.1. The van der Waals surface area contributed by atoms with Crippen molar-refractivity contribution in [1.29, 1.82) is 5.41 Å². The number of hydrogen-bond donors (Lipinski definition) is 3. The summed E-state index contributed by atoms with van der Waals surface area (Å²) in [6.45, 7) is 0.302. The topological polar surface area (TPSA) is 97.4 Å². The number of nitrogens with one attached hydrogen (secondary N) is 2. The molecule has 29 heavy (non-hydrogen) atoms. The van der Waals surface area contributed by atoms with E-state index in [2.05, 4.69) is 5.32 Å². The zero-order valence-electron chi connectivity index (χ0n) is 15.8. The zero-order valence-corrected chi connectivity index (χ0v) is 16.7. The summed E-state index contributed by atoms with van der Waals surface area (Å²) in [6.07, 6.45) is 0. The van der Waals surface area contributed by atoms with Crippen LogP contribution in [0.4, 0.5) is 5.69 Å². The molecule has 0 aliphatic heterocycles. The number of rotatable bonds is 7. The summed E-state index contributed by atoms with van der Waals surface area (Å²) in [6, 6.07) is 21.4. The number of nitrogens with two attached hydrogens (primary N) is 1. The molecular formula is C22H22ClN3O3. The van der Waals surface area contributed by atoms with Gasteiger partial charge in [0.25, 0.3) is 5.91 Å². The van der Waals surface area contributed by atoms with Gasteiger partial charge in [0, 0.05) is 22.4 Å². The van der Waals surface area contributed by atoms with E-state index in [1.165, 1.54) is 0 Å². The number of para-hydroxylation sites is 1. The highest BCUT2D eigenvalue weighted by Gasteiger charge is 2.11. The molecule has 0 saturated carbocycles. The van der Waals surface area contributed by atoms with E-state index in [1.807, 2.05) is 48.5 Å². The number of carbonyl (C=O) groups is 1. The van der Waals surface area contributed by atoms with Gasteiger partial charge in [0.2, 0.25) is 0 Å². The summed E-state index contributed by atoms with van der Waals surface area (Å²) in [7, 11) is 1.61. The van der Waals surface area contributed by atoms with E-state index in [9.17, 15) is 4.79 Å². The maximum Gasteiger partial charge on any atom is 0.255 e. The molecule has 6 nitrogen and oxygen atoms in total. The van der Waals surface area contributed by atoms with Gasteiger partial charge in [0.05, 0.1) is 7.11 Å². The molecule has 3 aromatic carbocycles. The Kier molecular flexibility index (Phi) is 7.62. The van der Waals surface area contributed by atoms with Crippen LogP contribution in [0.15, 0.2) is 72.8 Å². The zero-order chi connectivity index (χ0) is 19.9. The van der Waals surface area contributed by atoms with Crippen LogP contribution >= 0.6 is 12.4 Å². The van der Waals surface area contributed by atoms with Crippen molar-refractivity contribution in [3.05, 3.63) is 89.5 Å². The molecule has 0 saturated heterocycles. The van der Waals surface area contributed by atoms with Crippen LogP contribution in [0.1, 0.15) is 21.5 Å². The molecule has 0 aliphatic rings. The molecule has 3 aromatic rings. The Labute approximate surface area is 175 Å². The molecule has 0 bridgehead atoms. The van der Waals surface area contributed by atoms with Gasteiger partial charge in [-0.05, 0) is 42.5 Å². The summed E-state index contributed by atoms with van der Waals surface area (Å²) < 4.78 is 11.0. The largest absolute Gasteiger partial charge is 0.497 e. The Morgan fingerprint density at radius 1 is 0.966 bits per heavy atom. The molecular weight excluding hydrogens is 390 g/mol. The Hall–Kier alpha value is -3.51. The van der Waals surface area contributed by atoms with Crippen molar-refractivity contribution >= 4 is 29.8 Å². The van der Waals surface area contributed by atoms with Crippen molar-refractivity contribution in [1.82, 2.24) is 0 Å². The molecule has 0 heterocycles. The summed E-state index contributed by atoms with van der Waals surface area (Å²) in [5.74, 6) is 1.10. The van der Waals surface area contributed by atoms with Crippen LogP contribution in [0.3, 0.4) is 0 Å². The molecule has 0 aliphatic carbocycles. The first-order valence-corrected chi connectivity index (χ1v) is 8.67. The highest BCUT2D eigenvalue weighted by atomic mass is 35.5. The lowest BCUT2D eigenvalue weighted by atomic mass is 10.1. The first-order chi connectivity index (χ1) is 13.6. The van der Waals surface area contributed by atoms with Crippen molar-refractivity contribution in [2.75, 3.05) is 12.4 Å². The number of halogens is 1. The fourth-order valence-electron chi connectivity index (χ4n) is 2.62. The van der Waals surface area contributed by atoms with Crippen LogP contribution in [0.5, 0.6) is 11.5 Å². The van der Waals surface area contributed by atoms with Crippen molar-refractivity contribution in [2.45, 2.75) is 6.61 Å². The third kappa shape index (κ3) is 5.73. The Morgan fingerprint density at radius 3 is 2.31 bits per heavy atom. The lowest BCUT2D eigenvalue weighted by Gasteiger charge is -2.13. The lowest BCUT2D eigenvalue weighted by Crippen LogP contribution is -2.16. The Bertz CT molecular complexity index is 991. The minimum absolute atomic E-state index is 0. The van der Waals surface area contributed by atoms with Crippen LogP contribution in [0, 0.1) is 5.41 Å². The average molecular weight is 412 g/mol. The predicted octanol–water partition coefficient (Wildman–Crippen LogP) is 4.23. The van der Waals surface area contributed by atoms with Crippen LogP contribution in [0.2, 0.25) is 0 Å². The Morgan fingerprint density at radius 2 is 1.62 bits per heavy atom. The predicted molar refractivity (Wildman–Crippen MR) is 116 cm³/mol. The smallest absolute Gasteiger partial charge is 0.255 e. The fourth-order valence-corrected chi connectivity index (χ4v) is 2.62. The number of carbonyl (C=O) groups excluding carboxylic acids is 1. The van der Waals surface area contributed by atoms with Gasteiger partial charge in [-0.1, -0.05) is 30.3 Å². The first kappa shape index (κ1) is 21.8. The number of ether oxygens (including phenoxy) is 2. The number of anilines is 1. The van der Waals surface area contributed by atoms with Gasteiger partial charge >= 0.3 is 0 Å². The summed E-state index contributed by atoms with van der Waals surface area (Å²) in [5.41, 5.74) is 7.94. The summed E-state index contributed by atoms with van der Waals surface area (Å²) in [4.78, 5) is 12.6. The molecule has 0 spiro atoms. The lowest BCUT2D eigenvalue weighted by molar-refractivity contribution is 0.102. The fraction of sp³-hybridized carbons (Fsp3) is 0.0909. The minimum atomic E-state index is -0.278. The quantitative estimate of drug-likeness (QED) is 0.400. The second-order valence-electron chi connectivity index (χ2n) is 6.07. The van der Waals surface area contributed by atoms with E-state index in [4.69, 9.17) is 20.6 Å². The monoisotopic (exact) mass is 411 g/mol. The van der Waals surface area contributed by atoms with Gasteiger partial charge in [0.15, 0.2) is 0 Å². The molecule has 150 valence electrons. The van der Waals surface area contributed by atoms with Crippen molar-refractivity contribution in [3.63, 3.8) is 0 Å². The normalized spacial score (nSPS) is 9.83. The summed E-state index contributed by atoms with van der Waals surface area (Å²) in [5, 5.41) is 10.4. The number of amides is 1. The number of nitrogen functional groups attached to an aromatic ring is 1. The molecule has 1 amide bonds. The van der Waals surface area contributed by atoms with Crippen LogP contribution in [-0.4, -0.2) is 18.9 Å². The molecule has 3 rings (SSSR count). The molecule has 0 fully saturated rings. The van der Waals surface area contributed by atoms with Crippen LogP contribution in [-0.2, 0) is 6.61 Å². The van der Waals surface area contributed by atoms with Gasteiger partial charge in [0.1, 0.15) is 23.9 Å². The third-order valence-corrected chi connectivity index (χ3v) is 4.16. The molecule has 4 N–H and O–H groups in total.